The highest BCUT2D eigenvalue weighted by atomic mass is 16.4. The Bertz CT molecular complexity index is 449. The fourth-order valence-corrected chi connectivity index (χ4v) is 2.54. The summed E-state index contributed by atoms with van der Waals surface area (Å²) < 4.78 is 0. The zero-order chi connectivity index (χ0) is 11.8. The van der Waals surface area contributed by atoms with Gasteiger partial charge in [-0.3, -0.25) is 4.79 Å². The van der Waals surface area contributed by atoms with E-state index in [-0.39, 0.29) is 0 Å². The number of benzene rings is 1. The number of rotatable bonds is 1. The highest BCUT2D eigenvalue weighted by molar-refractivity contribution is 5.78. The number of carboxylic acid groups (broad SMARTS) is 1. The third-order valence-corrected chi connectivity index (χ3v) is 3.46. The molecule has 90 valence electrons. The van der Waals surface area contributed by atoms with Crippen molar-refractivity contribution < 1.29 is 9.90 Å². The minimum Gasteiger partial charge on any atom is -0.480 e. The van der Waals surface area contributed by atoms with E-state index in [0.29, 0.717) is 19.1 Å². The number of para-hydroxylation sites is 2. The van der Waals surface area contributed by atoms with Crippen LogP contribution in [0.25, 0.3) is 0 Å². The SMILES string of the molecule is O=C(O)C1CN2c3ccccc3NCC2CN1. The molecule has 2 atom stereocenters. The third kappa shape index (κ3) is 1.72. The lowest BCUT2D eigenvalue weighted by atomic mass is 10.0. The zero-order valence-corrected chi connectivity index (χ0v) is 9.39. The maximum Gasteiger partial charge on any atom is 0.322 e. The van der Waals surface area contributed by atoms with Crippen molar-refractivity contribution in [2.75, 3.05) is 29.9 Å². The van der Waals surface area contributed by atoms with Crippen LogP contribution in [-0.4, -0.2) is 42.8 Å². The Balaban J connectivity index is 1.91. The van der Waals surface area contributed by atoms with Gasteiger partial charge in [-0.1, -0.05) is 12.1 Å². The summed E-state index contributed by atoms with van der Waals surface area (Å²) in [7, 11) is 0. The number of anilines is 2. The fraction of sp³-hybridized carbons (Fsp3) is 0.417. The first-order chi connectivity index (χ1) is 8.25. The zero-order valence-electron chi connectivity index (χ0n) is 9.39. The first kappa shape index (κ1) is 10.4. The number of hydrogen-bond donors (Lipinski definition) is 3. The molecule has 5 nitrogen and oxygen atoms in total. The van der Waals surface area contributed by atoms with Gasteiger partial charge in [-0.25, -0.2) is 0 Å². The number of nitrogens with one attached hydrogen (secondary N) is 2. The van der Waals surface area contributed by atoms with E-state index in [1.807, 2.05) is 24.3 Å². The van der Waals surface area contributed by atoms with E-state index in [1.165, 1.54) is 0 Å². The summed E-state index contributed by atoms with van der Waals surface area (Å²) in [5, 5.41) is 15.5. The largest absolute Gasteiger partial charge is 0.480 e. The quantitative estimate of drug-likeness (QED) is 0.653. The van der Waals surface area contributed by atoms with Crippen molar-refractivity contribution in [2.45, 2.75) is 12.1 Å². The molecule has 2 unspecified atom stereocenters. The van der Waals surface area contributed by atoms with Gasteiger partial charge in [0.2, 0.25) is 0 Å². The van der Waals surface area contributed by atoms with Gasteiger partial charge in [0.1, 0.15) is 6.04 Å². The predicted molar refractivity (Wildman–Crippen MR) is 65.5 cm³/mol. The summed E-state index contributed by atoms with van der Waals surface area (Å²) in [5.74, 6) is -0.778. The van der Waals surface area contributed by atoms with Gasteiger partial charge >= 0.3 is 5.97 Å². The smallest absolute Gasteiger partial charge is 0.322 e. The molecule has 5 heteroatoms. The van der Waals surface area contributed by atoms with Crippen LogP contribution in [0, 0.1) is 0 Å². The molecule has 1 aromatic carbocycles. The maximum absolute atomic E-state index is 11.0. The molecule has 0 radical (unpaired) electrons. The number of carboxylic acids is 1. The Morgan fingerprint density at radius 1 is 1.35 bits per heavy atom. The summed E-state index contributed by atoms with van der Waals surface area (Å²) >= 11 is 0. The van der Waals surface area contributed by atoms with Crippen molar-refractivity contribution in [2.24, 2.45) is 0 Å². The third-order valence-electron chi connectivity index (χ3n) is 3.46. The van der Waals surface area contributed by atoms with E-state index in [0.717, 1.165) is 17.9 Å². The topological polar surface area (TPSA) is 64.6 Å². The summed E-state index contributed by atoms with van der Waals surface area (Å²) in [6.07, 6.45) is 0. The summed E-state index contributed by atoms with van der Waals surface area (Å²) in [4.78, 5) is 13.2. The standard InChI is InChI=1S/C12H15N3O2/c16-12(17)10-7-15-8(6-14-10)5-13-9-3-1-2-4-11(9)15/h1-4,8,10,13-14H,5-7H2,(H,16,17). The average molecular weight is 233 g/mol. The van der Waals surface area contributed by atoms with Crippen molar-refractivity contribution in [3.8, 4) is 0 Å². The molecule has 0 amide bonds. The Kier molecular flexibility index (Phi) is 2.40. The Hall–Kier alpha value is -1.75. The van der Waals surface area contributed by atoms with Crippen molar-refractivity contribution >= 4 is 17.3 Å². The average Bonchev–Trinajstić information content (AvgIpc) is 2.38. The molecule has 0 saturated carbocycles. The second-order valence-electron chi connectivity index (χ2n) is 4.50. The van der Waals surface area contributed by atoms with Crippen LogP contribution < -0.4 is 15.5 Å². The van der Waals surface area contributed by atoms with Crippen LogP contribution in [0.1, 0.15) is 0 Å². The van der Waals surface area contributed by atoms with Crippen LogP contribution in [0.4, 0.5) is 11.4 Å². The molecule has 2 heterocycles. The molecule has 0 bridgehead atoms. The van der Waals surface area contributed by atoms with Crippen molar-refractivity contribution in [3.05, 3.63) is 24.3 Å². The molecular formula is C12H15N3O2. The van der Waals surface area contributed by atoms with Crippen molar-refractivity contribution in [1.82, 2.24) is 5.32 Å². The monoisotopic (exact) mass is 233 g/mol. The molecule has 2 aliphatic heterocycles. The van der Waals surface area contributed by atoms with Crippen LogP contribution in [-0.2, 0) is 4.79 Å². The first-order valence-electron chi connectivity index (χ1n) is 5.81. The van der Waals surface area contributed by atoms with E-state index in [1.54, 1.807) is 0 Å². The van der Waals surface area contributed by atoms with Gasteiger partial charge in [0.25, 0.3) is 0 Å². The second kappa shape index (κ2) is 3.92. The molecule has 0 aliphatic carbocycles. The number of fused-ring (bicyclic) bond motifs is 3. The lowest BCUT2D eigenvalue weighted by molar-refractivity contribution is -0.139. The van der Waals surface area contributed by atoms with Crippen LogP contribution in [0.15, 0.2) is 24.3 Å². The minimum atomic E-state index is -0.778. The summed E-state index contributed by atoms with van der Waals surface area (Å²) in [6.45, 7) is 2.09. The molecule has 3 rings (SSSR count). The van der Waals surface area contributed by atoms with E-state index in [4.69, 9.17) is 5.11 Å². The molecule has 0 spiro atoms. The lowest BCUT2D eigenvalue weighted by Gasteiger charge is -2.44. The van der Waals surface area contributed by atoms with Gasteiger partial charge in [-0.05, 0) is 12.1 Å². The molecule has 2 aliphatic rings. The molecule has 17 heavy (non-hydrogen) atoms. The molecule has 0 aromatic heterocycles. The van der Waals surface area contributed by atoms with E-state index in [2.05, 4.69) is 15.5 Å². The van der Waals surface area contributed by atoms with Crippen molar-refractivity contribution in [3.63, 3.8) is 0 Å². The highest BCUT2D eigenvalue weighted by Crippen LogP contribution is 2.32. The molecule has 1 aromatic rings. The molecule has 3 N–H and O–H groups in total. The van der Waals surface area contributed by atoms with Crippen LogP contribution in [0.2, 0.25) is 0 Å². The Labute approximate surface area is 99.4 Å². The Morgan fingerprint density at radius 3 is 3.00 bits per heavy atom. The minimum absolute atomic E-state index is 0.334. The van der Waals surface area contributed by atoms with E-state index >= 15 is 0 Å². The van der Waals surface area contributed by atoms with Gasteiger partial charge in [-0.2, -0.15) is 0 Å². The molecule has 1 fully saturated rings. The van der Waals surface area contributed by atoms with E-state index in [9.17, 15) is 4.79 Å². The second-order valence-corrected chi connectivity index (χ2v) is 4.50. The van der Waals surface area contributed by atoms with Gasteiger partial charge < -0.3 is 20.6 Å². The van der Waals surface area contributed by atoms with Gasteiger partial charge in [-0.15, -0.1) is 0 Å². The highest BCUT2D eigenvalue weighted by Gasteiger charge is 2.34. The number of carbonyl (C=O) groups is 1. The van der Waals surface area contributed by atoms with Crippen LogP contribution in [0.5, 0.6) is 0 Å². The first-order valence-corrected chi connectivity index (χ1v) is 5.81. The van der Waals surface area contributed by atoms with Crippen LogP contribution >= 0.6 is 0 Å². The number of piperazine rings is 1. The lowest BCUT2D eigenvalue weighted by Crippen LogP contribution is -2.62. The van der Waals surface area contributed by atoms with Crippen LogP contribution in [0.3, 0.4) is 0 Å². The summed E-state index contributed by atoms with van der Waals surface area (Å²) in [6, 6.07) is 7.91. The molecular weight excluding hydrogens is 218 g/mol. The van der Waals surface area contributed by atoms with Gasteiger partial charge in [0.05, 0.1) is 17.4 Å². The Morgan fingerprint density at radius 2 is 2.18 bits per heavy atom. The fourth-order valence-electron chi connectivity index (χ4n) is 2.54. The number of nitrogens with zero attached hydrogens (tertiary/aromatic N) is 1. The predicted octanol–water partition coefficient (Wildman–Crippen LogP) is 0.344. The number of hydrogen-bond acceptors (Lipinski definition) is 4. The van der Waals surface area contributed by atoms with Gasteiger partial charge in [0.15, 0.2) is 0 Å². The molecule has 1 saturated heterocycles. The van der Waals surface area contributed by atoms with E-state index < -0.39 is 12.0 Å². The maximum atomic E-state index is 11.0. The normalized spacial score (nSPS) is 26.7. The summed E-state index contributed by atoms with van der Waals surface area (Å²) in [5.41, 5.74) is 2.20. The number of aliphatic carboxylic acids is 1. The van der Waals surface area contributed by atoms with Gasteiger partial charge in [0, 0.05) is 19.6 Å². The van der Waals surface area contributed by atoms with Crippen molar-refractivity contribution in [1.29, 1.82) is 0 Å².